The van der Waals surface area contributed by atoms with Gasteiger partial charge in [0.05, 0.1) is 27.0 Å². The van der Waals surface area contributed by atoms with Crippen molar-refractivity contribution in [2.45, 2.75) is 25.3 Å². The van der Waals surface area contributed by atoms with Gasteiger partial charge in [-0.2, -0.15) is 30.7 Å². The molecule has 1 N–H and O–H groups in total. The molecule has 15 heteroatoms. The third-order valence-electron chi connectivity index (χ3n) is 3.74. The van der Waals surface area contributed by atoms with Crippen LogP contribution >= 0.6 is 0 Å². The van der Waals surface area contributed by atoms with Gasteiger partial charge in [-0.3, -0.25) is 20.2 Å². The van der Waals surface area contributed by atoms with Crippen molar-refractivity contribution in [2.24, 2.45) is 0 Å². The van der Waals surface area contributed by atoms with E-state index in [1.54, 1.807) is 0 Å². The molecule has 0 spiro atoms. The van der Waals surface area contributed by atoms with Crippen LogP contribution in [0.15, 0.2) is 36.4 Å². The van der Waals surface area contributed by atoms with Gasteiger partial charge in [-0.25, -0.2) is 0 Å². The minimum Gasteiger partial charge on any atom is -0.428 e. The SMILES string of the molecule is O=[N+]([O-])c1cc([N+](=O)[O-])c(CNc2cccc(OC(F)(F)C(F)F)c2)c(C(F)(F)F)c1. The molecule has 8 nitrogen and oxygen atoms in total. The number of benzene rings is 2. The molecule has 0 aromatic heterocycles. The van der Waals surface area contributed by atoms with Crippen LogP contribution in [-0.4, -0.2) is 22.4 Å². The van der Waals surface area contributed by atoms with E-state index in [2.05, 4.69) is 10.1 Å². The van der Waals surface area contributed by atoms with E-state index in [4.69, 9.17) is 0 Å². The first-order valence-electron chi connectivity index (χ1n) is 7.94. The van der Waals surface area contributed by atoms with Crippen LogP contribution in [0.5, 0.6) is 5.75 Å². The molecule has 0 saturated heterocycles. The minimum absolute atomic E-state index is 0.118. The summed E-state index contributed by atoms with van der Waals surface area (Å²) in [4.78, 5) is 19.5. The number of alkyl halides is 7. The lowest BCUT2D eigenvalue weighted by Gasteiger charge is -2.18. The number of nitro groups is 2. The molecule has 0 aliphatic carbocycles. The van der Waals surface area contributed by atoms with E-state index in [0.717, 1.165) is 24.3 Å². The minimum atomic E-state index is -5.20. The van der Waals surface area contributed by atoms with Crippen LogP contribution < -0.4 is 10.1 Å². The third kappa shape index (κ3) is 5.70. The molecule has 31 heavy (non-hydrogen) atoms. The van der Waals surface area contributed by atoms with Crippen LogP contribution in [0.1, 0.15) is 11.1 Å². The van der Waals surface area contributed by atoms with Gasteiger partial charge in [0, 0.05) is 24.4 Å². The van der Waals surface area contributed by atoms with Gasteiger partial charge in [0.2, 0.25) is 0 Å². The Morgan fingerprint density at radius 2 is 1.65 bits per heavy atom. The first-order valence-corrected chi connectivity index (χ1v) is 7.94. The lowest BCUT2D eigenvalue weighted by atomic mass is 10.0. The molecule has 2 aromatic carbocycles. The van der Waals surface area contributed by atoms with Crippen molar-refractivity contribution in [1.29, 1.82) is 0 Å². The maximum atomic E-state index is 13.3. The summed E-state index contributed by atoms with van der Waals surface area (Å²) in [5.41, 5.74) is -5.19. The Hall–Kier alpha value is -3.65. The summed E-state index contributed by atoms with van der Waals surface area (Å²) in [6, 6.07) is 4.27. The van der Waals surface area contributed by atoms with E-state index in [9.17, 15) is 51.0 Å². The van der Waals surface area contributed by atoms with E-state index >= 15 is 0 Å². The lowest BCUT2D eigenvalue weighted by Crippen LogP contribution is -2.33. The van der Waals surface area contributed by atoms with Gasteiger partial charge in [0.1, 0.15) is 5.75 Å². The van der Waals surface area contributed by atoms with Gasteiger partial charge < -0.3 is 10.1 Å². The zero-order valence-electron chi connectivity index (χ0n) is 14.8. The summed E-state index contributed by atoms with van der Waals surface area (Å²) in [5, 5.41) is 24.3. The molecule has 0 aliphatic rings. The molecule has 0 fully saturated rings. The van der Waals surface area contributed by atoms with Crippen molar-refractivity contribution in [2.75, 3.05) is 5.32 Å². The molecule has 0 saturated carbocycles. The van der Waals surface area contributed by atoms with E-state index in [0.29, 0.717) is 6.07 Å². The number of anilines is 1. The number of hydrogen-bond acceptors (Lipinski definition) is 6. The molecule has 0 radical (unpaired) electrons. The van der Waals surface area contributed by atoms with Crippen molar-refractivity contribution >= 4 is 17.1 Å². The van der Waals surface area contributed by atoms with Crippen molar-refractivity contribution < 1.29 is 45.3 Å². The highest BCUT2D eigenvalue weighted by atomic mass is 19.4. The Bertz CT molecular complexity index is 998. The monoisotopic (exact) mass is 457 g/mol. The first-order chi connectivity index (χ1) is 14.2. The Balaban J connectivity index is 2.40. The van der Waals surface area contributed by atoms with Crippen LogP contribution in [0.3, 0.4) is 0 Å². The zero-order valence-corrected chi connectivity index (χ0v) is 14.8. The summed E-state index contributed by atoms with van der Waals surface area (Å²) in [6.07, 6.45) is -14.2. The van der Waals surface area contributed by atoms with Gasteiger partial charge in [-0.15, -0.1) is 0 Å². The highest BCUT2D eigenvalue weighted by Crippen LogP contribution is 2.39. The van der Waals surface area contributed by atoms with Gasteiger partial charge in [-0.05, 0) is 12.1 Å². The molecule has 0 unspecified atom stereocenters. The molecule has 0 heterocycles. The van der Waals surface area contributed by atoms with Gasteiger partial charge in [0.25, 0.3) is 11.4 Å². The molecule has 2 rings (SSSR count). The second-order valence-electron chi connectivity index (χ2n) is 5.85. The van der Waals surface area contributed by atoms with E-state index in [-0.39, 0.29) is 11.8 Å². The zero-order chi connectivity index (χ0) is 23.6. The number of non-ortho nitro benzene ring substituents is 1. The predicted molar refractivity (Wildman–Crippen MR) is 90.1 cm³/mol. The fraction of sp³-hybridized carbons (Fsp3) is 0.250. The number of ether oxygens (including phenoxy) is 1. The fourth-order valence-corrected chi connectivity index (χ4v) is 2.41. The molecule has 0 bridgehead atoms. The Morgan fingerprint density at radius 3 is 2.16 bits per heavy atom. The maximum Gasteiger partial charge on any atom is 0.461 e. The van der Waals surface area contributed by atoms with Crippen molar-refractivity contribution in [3.63, 3.8) is 0 Å². The van der Waals surface area contributed by atoms with Crippen molar-refractivity contribution in [3.05, 3.63) is 67.8 Å². The number of nitrogens with zero attached hydrogens (tertiary/aromatic N) is 2. The maximum absolute atomic E-state index is 13.3. The largest absolute Gasteiger partial charge is 0.461 e. The highest BCUT2D eigenvalue weighted by Gasteiger charge is 2.44. The first kappa shape index (κ1) is 23.6. The molecular formula is C16H10F7N3O5. The second-order valence-corrected chi connectivity index (χ2v) is 5.85. The number of halogens is 7. The molecule has 0 atom stereocenters. The second kappa shape index (κ2) is 8.61. The smallest absolute Gasteiger partial charge is 0.428 e. The average molecular weight is 457 g/mol. The van der Waals surface area contributed by atoms with E-state index in [1.807, 2.05) is 0 Å². The highest BCUT2D eigenvalue weighted by molar-refractivity contribution is 5.57. The standard InChI is InChI=1S/C16H10F7N3O5/c17-14(18)16(22,23)31-10-3-1-2-8(4-10)24-7-11-12(15(19,20)21)5-9(25(27)28)6-13(11)26(29)30/h1-6,14,24H,7H2. The summed E-state index contributed by atoms with van der Waals surface area (Å²) in [7, 11) is 0. The molecule has 2 aromatic rings. The Morgan fingerprint density at radius 1 is 1.00 bits per heavy atom. The summed E-state index contributed by atoms with van der Waals surface area (Å²) >= 11 is 0. The Kier molecular flexibility index (Phi) is 6.56. The molecule has 0 amide bonds. The van der Waals surface area contributed by atoms with Crippen LogP contribution in [-0.2, 0) is 12.7 Å². The summed E-state index contributed by atoms with van der Waals surface area (Å²) in [6.45, 7) is -0.905. The summed E-state index contributed by atoms with van der Waals surface area (Å²) < 4.78 is 94.3. The number of hydrogen-bond donors (Lipinski definition) is 1. The normalized spacial score (nSPS) is 12.0. The molecular weight excluding hydrogens is 447 g/mol. The Labute approximate surface area is 167 Å². The van der Waals surface area contributed by atoms with E-state index in [1.165, 1.54) is 0 Å². The quantitative estimate of drug-likeness (QED) is 0.324. The van der Waals surface area contributed by atoms with Gasteiger partial charge in [0.15, 0.2) is 0 Å². The molecule has 168 valence electrons. The number of rotatable bonds is 8. The third-order valence-corrected chi connectivity index (χ3v) is 3.74. The van der Waals surface area contributed by atoms with Crippen LogP contribution in [0.25, 0.3) is 0 Å². The van der Waals surface area contributed by atoms with E-state index < -0.39 is 63.4 Å². The van der Waals surface area contributed by atoms with Gasteiger partial charge >= 0.3 is 18.7 Å². The topological polar surface area (TPSA) is 108 Å². The lowest BCUT2D eigenvalue weighted by molar-refractivity contribution is -0.395. The van der Waals surface area contributed by atoms with Gasteiger partial charge in [-0.1, -0.05) is 6.07 Å². The molecule has 0 aliphatic heterocycles. The van der Waals surface area contributed by atoms with Crippen molar-refractivity contribution in [1.82, 2.24) is 0 Å². The van der Waals surface area contributed by atoms with Crippen LogP contribution in [0, 0.1) is 20.2 Å². The van der Waals surface area contributed by atoms with Crippen molar-refractivity contribution in [3.8, 4) is 5.75 Å². The number of nitro benzene ring substituents is 2. The summed E-state index contributed by atoms with van der Waals surface area (Å²) in [5.74, 6) is -0.760. The van der Waals surface area contributed by atoms with Crippen LogP contribution in [0.4, 0.5) is 47.8 Å². The van der Waals surface area contributed by atoms with Crippen LogP contribution in [0.2, 0.25) is 0 Å². The fourth-order valence-electron chi connectivity index (χ4n) is 2.41. The predicted octanol–water partition coefficient (Wildman–Crippen LogP) is 5.37. The number of nitrogens with one attached hydrogen (secondary N) is 1. The average Bonchev–Trinajstić information content (AvgIpc) is 2.64.